The molecule has 0 radical (unpaired) electrons. The molecule has 0 bridgehead atoms. The fourth-order valence-electron chi connectivity index (χ4n) is 3.13. The molecule has 1 unspecified atom stereocenters. The molecule has 1 aliphatic carbocycles. The third kappa shape index (κ3) is 2.23. The molecule has 102 valence electrons. The topological polar surface area (TPSA) is 69.4 Å². The van der Waals surface area contributed by atoms with Gasteiger partial charge in [0.15, 0.2) is 5.41 Å². The molecular formula is C15H19NO3. The number of rotatable bonds is 3. The van der Waals surface area contributed by atoms with Crippen molar-refractivity contribution in [1.29, 1.82) is 0 Å². The monoisotopic (exact) mass is 261 g/mol. The number of amides is 1. The van der Waals surface area contributed by atoms with Crippen molar-refractivity contribution in [1.82, 2.24) is 0 Å². The van der Waals surface area contributed by atoms with E-state index in [0.717, 1.165) is 24.8 Å². The number of ether oxygens (including phenoxy) is 1. The second-order valence-electron chi connectivity index (χ2n) is 5.04. The smallest absolute Gasteiger partial charge is 0.321 e. The van der Waals surface area contributed by atoms with E-state index >= 15 is 0 Å². The molecule has 0 spiro atoms. The number of hydrogen-bond acceptors (Lipinski definition) is 3. The third-order valence-corrected chi connectivity index (χ3v) is 4.10. The molecule has 1 fully saturated rings. The van der Waals surface area contributed by atoms with Gasteiger partial charge in [-0.2, -0.15) is 0 Å². The van der Waals surface area contributed by atoms with Gasteiger partial charge in [-0.25, -0.2) is 0 Å². The summed E-state index contributed by atoms with van der Waals surface area (Å²) in [5.74, 6) is -1.27. The van der Waals surface area contributed by atoms with Crippen molar-refractivity contribution >= 4 is 11.9 Å². The predicted octanol–water partition coefficient (Wildman–Crippen LogP) is 1.99. The van der Waals surface area contributed by atoms with Crippen LogP contribution in [0.5, 0.6) is 0 Å². The molecule has 1 aromatic rings. The first kappa shape index (κ1) is 13.6. The Morgan fingerprint density at radius 1 is 1.26 bits per heavy atom. The van der Waals surface area contributed by atoms with Crippen LogP contribution in [-0.2, 0) is 14.3 Å². The molecule has 1 aromatic carbocycles. The molecule has 4 heteroatoms. The Morgan fingerprint density at radius 2 is 1.95 bits per heavy atom. The van der Waals surface area contributed by atoms with Gasteiger partial charge in [0.05, 0.1) is 7.11 Å². The van der Waals surface area contributed by atoms with Crippen molar-refractivity contribution in [2.45, 2.75) is 31.6 Å². The van der Waals surface area contributed by atoms with Gasteiger partial charge in [0.2, 0.25) is 5.91 Å². The molecule has 2 atom stereocenters. The van der Waals surface area contributed by atoms with Gasteiger partial charge in [-0.05, 0) is 18.4 Å². The van der Waals surface area contributed by atoms with Crippen molar-refractivity contribution < 1.29 is 14.3 Å². The summed E-state index contributed by atoms with van der Waals surface area (Å²) < 4.78 is 4.87. The SMILES string of the molecule is COC(=O)[C@]1(C(N)=O)CCCCC1c1ccccc1. The Morgan fingerprint density at radius 3 is 2.53 bits per heavy atom. The zero-order chi connectivity index (χ0) is 13.9. The minimum Gasteiger partial charge on any atom is -0.468 e. The van der Waals surface area contributed by atoms with Gasteiger partial charge in [-0.3, -0.25) is 9.59 Å². The second kappa shape index (κ2) is 5.43. The van der Waals surface area contributed by atoms with Gasteiger partial charge in [0.1, 0.15) is 0 Å². The summed E-state index contributed by atoms with van der Waals surface area (Å²) in [4.78, 5) is 24.2. The Balaban J connectivity index is 2.48. The van der Waals surface area contributed by atoms with E-state index in [-0.39, 0.29) is 5.92 Å². The Hall–Kier alpha value is -1.84. The van der Waals surface area contributed by atoms with Crippen LogP contribution in [0.1, 0.15) is 37.2 Å². The normalized spacial score (nSPS) is 26.7. The summed E-state index contributed by atoms with van der Waals surface area (Å²) in [6.45, 7) is 0. The van der Waals surface area contributed by atoms with Gasteiger partial charge in [-0.1, -0.05) is 43.2 Å². The summed E-state index contributed by atoms with van der Waals surface area (Å²) in [7, 11) is 1.31. The lowest BCUT2D eigenvalue weighted by atomic mass is 9.63. The maximum atomic E-state index is 12.2. The standard InChI is InChI=1S/C15H19NO3/c1-19-14(18)15(13(16)17)10-6-5-9-12(15)11-7-3-2-4-8-11/h2-4,7-8,12H,5-6,9-10H2,1H3,(H2,16,17)/t12?,15-/m1/s1. The summed E-state index contributed by atoms with van der Waals surface area (Å²) >= 11 is 0. The molecule has 0 saturated heterocycles. The maximum absolute atomic E-state index is 12.2. The molecule has 2 N–H and O–H groups in total. The molecule has 0 heterocycles. The molecule has 0 aliphatic heterocycles. The van der Waals surface area contributed by atoms with Gasteiger partial charge in [0, 0.05) is 5.92 Å². The average molecular weight is 261 g/mol. The molecule has 0 aromatic heterocycles. The molecule has 1 saturated carbocycles. The lowest BCUT2D eigenvalue weighted by Gasteiger charge is -2.39. The molecule has 19 heavy (non-hydrogen) atoms. The Bertz CT molecular complexity index is 472. The van der Waals surface area contributed by atoms with Crippen LogP contribution in [0.3, 0.4) is 0 Å². The van der Waals surface area contributed by atoms with E-state index in [1.807, 2.05) is 30.3 Å². The summed E-state index contributed by atoms with van der Waals surface area (Å²) in [6, 6.07) is 9.61. The van der Waals surface area contributed by atoms with Crippen molar-refractivity contribution in [2.75, 3.05) is 7.11 Å². The highest BCUT2D eigenvalue weighted by atomic mass is 16.5. The van der Waals surface area contributed by atoms with Crippen molar-refractivity contribution in [3.63, 3.8) is 0 Å². The van der Waals surface area contributed by atoms with Crippen molar-refractivity contribution in [3.8, 4) is 0 Å². The fraction of sp³-hybridized carbons (Fsp3) is 0.467. The van der Waals surface area contributed by atoms with E-state index in [0.29, 0.717) is 6.42 Å². The lowest BCUT2D eigenvalue weighted by molar-refractivity contribution is -0.161. The largest absolute Gasteiger partial charge is 0.468 e. The molecular weight excluding hydrogens is 242 g/mol. The van der Waals surface area contributed by atoms with E-state index < -0.39 is 17.3 Å². The van der Waals surface area contributed by atoms with Gasteiger partial charge >= 0.3 is 5.97 Å². The Kier molecular flexibility index (Phi) is 3.88. The zero-order valence-electron chi connectivity index (χ0n) is 11.1. The van der Waals surface area contributed by atoms with Crippen LogP contribution in [-0.4, -0.2) is 19.0 Å². The highest BCUT2D eigenvalue weighted by Gasteiger charge is 2.53. The van der Waals surface area contributed by atoms with E-state index in [9.17, 15) is 9.59 Å². The summed E-state index contributed by atoms with van der Waals surface area (Å²) in [6.07, 6.45) is 3.06. The van der Waals surface area contributed by atoms with Crippen molar-refractivity contribution in [2.24, 2.45) is 11.1 Å². The van der Waals surface area contributed by atoms with Crippen LogP contribution >= 0.6 is 0 Å². The van der Waals surface area contributed by atoms with Crippen LogP contribution in [0.2, 0.25) is 0 Å². The quantitative estimate of drug-likeness (QED) is 0.668. The lowest BCUT2D eigenvalue weighted by Crippen LogP contribution is -2.50. The maximum Gasteiger partial charge on any atom is 0.321 e. The first-order valence-electron chi connectivity index (χ1n) is 6.56. The summed E-state index contributed by atoms with van der Waals surface area (Å²) in [5.41, 5.74) is 5.33. The summed E-state index contributed by atoms with van der Waals surface area (Å²) in [5, 5.41) is 0. The zero-order valence-corrected chi connectivity index (χ0v) is 11.1. The van der Waals surface area contributed by atoms with E-state index in [2.05, 4.69) is 0 Å². The molecule has 2 rings (SSSR count). The van der Waals surface area contributed by atoms with Crippen LogP contribution in [0, 0.1) is 5.41 Å². The third-order valence-electron chi connectivity index (χ3n) is 4.10. The minimum atomic E-state index is -1.21. The number of methoxy groups -OCH3 is 1. The number of nitrogens with two attached hydrogens (primary N) is 1. The number of carbonyl (C=O) groups is 2. The van der Waals surface area contributed by atoms with E-state index in [1.54, 1.807) is 0 Å². The van der Waals surface area contributed by atoms with Crippen LogP contribution < -0.4 is 5.73 Å². The van der Waals surface area contributed by atoms with E-state index in [4.69, 9.17) is 10.5 Å². The minimum absolute atomic E-state index is 0.188. The number of benzene rings is 1. The first-order chi connectivity index (χ1) is 9.13. The first-order valence-corrected chi connectivity index (χ1v) is 6.56. The number of esters is 1. The molecule has 4 nitrogen and oxygen atoms in total. The van der Waals surface area contributed by atoms with Gasteiger partial charge in [0.25, 0.3) is 0 Å². The number of primary amides is 1. The average Bonchev–Trinajstić information content (AvgIpc) is 2.47. The van der Waals surface area contributed by atoms with Gasteiger partial charge < -0.3 is 10.5 Å². The highest BCUT2D eigenvalue weighted by Crippen LogP contribution is 2.48. The van der Waals surface area contributed by atoms with Crippen molar-refractivity contribution in [3.05, 3.63) is 35.9 Å². The predicted molar refractivity (Wildman–Crippen MR) is 71.3 cm³/mol. The molecule has 1 amide bonds. The van der Waals surface area contributed by atoms with Crippen LogP contribution in [0.25, 0.3) is 0 Å². The highest BCUT2D eigenvalue weighted by molar-refractivity contribution is 6.03. The fourth-order valence-corrected chi connectivity index (χ4v) is 3.13. The number of carbonyl (C=O) groups excluding carboxylic acids is 2. The number of hydrogen-bond donors (Lipinski definition) is 1. The molecule has 1 aliphatic rings. The van der Waals surface area contributed by atoms with Gasteiger partial charge in [-0.15, -0.1) is 0 Å². The van der Waals surface area contributed by atoms with Crippen LogP contribution in [0.15, 0.2) is 30.3 Å². The van der Waals surface area contributed by atoms with E-state index in [1.165, 1.54) is 7.11 Å². The second-order valence-corrected chi connectivity index (χ2v) is 5.04. The Labute approximate surface area is 112 Å². The van der Waals surface area contributed by atoms with Crippen LogP contribution in [0.4, 0.5) is 0 Å².